The van der Waals surface area contributed by atoms with E-state index < -0.39 is 63.5 Å². The topological polar surface area (TPSA) is 197 Å². The fourth-order valence-corrected chi connectivity index (χ4v) is 5.61. The number of aryl methyl sites for hydroxylation is 3. The van der Waals surface area contributed by atoms with Gasteiger partial charge in [-0.15, -0.1) is 0 Å². The molecule has 258 valence electrons. The Hall–Kier alpha value is -3.00. The third-order valence-corrected chi connectivity index (χ3v) is 8.14. The largest absolute Gasteiger partial charge is 0.446 e. The number of nitrogens with one attached hydrogen (secondary N) is 4. The summed E-state index contributed by atoms with van der Waals surface area (Å²) in [5.74, 6) is -2.19. The summed E-state index contributed by atoms with van der Waals surface area (Å²) in [7, 11) is -3.68. The fourth-order valence-electron chi connectivity index (χ4n) is 4.77. The van der Waals surface area contributed by atoms with Crippen LogP contribution in [0.5, 0.6) is 0 Å². The lowest BCUT2D eigenvalue weighted by atomic mass is 9.91. The average molecular weight is 658 g/mol. The predicted molar refractivity (Wildman–Crippen MR) is 172 cm³/mol. The van der Waals surface area contributed by atoms with Crippen molar-refractivity contribution < 1.29 is 37.1 Å². The summed E-state index contributed by atoms with van der Waals surface area (Å²) in [6.45, 7) is 16.9. The maximum Gasteiger partial charge on any atom is 0.243 e. The number of hydrogen-bond donors (Lipinski definition) is 5. The zero-order chi connectivity index (χ0) is 34.6. The molecule has 45 heavy (non-hydrogen) atoms. The van der Waals surface area contributed by atoms with Crippen molar-refractivity contribution in [3.05, 3.63) is 17.3 Å². The molecule has 1 heterocycles. The van der Waals surface area contributed by atoms with Crippen LogP contribution < -0.4 is 21.3 Å². The Bertz CT molecular complexity index is 1240. The van der Waals surface area contributed by atoms with Gasteiger partial charge in [0.1, 0.15) is 27.7 Å². The minimum Gasteiger partial charge on any atom is -0.446 e. The first-order valence-corrected chi connectivity index (χ1v) is 17.7. The van der Waals surface area contributed by atoms with Gasteiger partial charge in [-0.05, 0) is 37.5 Å². The number of aliphatic hydroxyl groups excluding tert-OH is 1. The molecule has 0 aliphatic rings. The first-order valence-electron chi connectivity index (χ1n) is 15.7. The highest BCUT2D eigenvalue weighted by Gasteiger charge is 2.32. The van der Waals surface area contributed by atoms with Crippen LogP contribution in [0.4, 0.5) is 0 Å². The highest BCUT2D eigenvalue weighted by Crippen LogP contribution is 2.17. The van der Waals surface area contributed by atoms with Crippen LogP contribution in [-0.2, 0) is 35.4 Å². The standard InChI is InChI=1S/C31H55N5O8S/c1-17(2)13-24(26(37)14-20(7)29(39)36-28(19(5)6)31(41)32-15-18(3)4)35-30(40)25(16-45(10,42)43)34-27(38)12-11-23-21(8)44-22(9)33-23/h17-20,24-26,28,37H,11-16H2,1-10H3,(H,32,41)(H,34,38)(H,35,40)(H,36,39)/t20-,24-,25+,26+,28-/m1/s1. The van der Waals surface area contributed by atoms with Crippen molar-refractivity contribution in [2.45, 2.75) is 112 Å². The molecule has 0 radical (unpaired) electrons. The van der Waals surface area contributed by atoms with Gasteiger partial charge in [-0.25, -0.2) is 13.4 Å². The molecule has 14 heteroatoms. The van der Waals surface area contributed by atoms with E-state index in [1.165, 1.54) is 0 Å². The Morgan fingerprint density at radius 2 is 1.49 bits per heavy atom. The Kier molecular flexibility index (Phi) is 16.2. The van der Waals surface area contributed by atoms with Crippen molar-refractivity contribution in [3.63, 3.8) is 0 Å². The molecule has 0 aromatic carbocycles. The van der Waals surface area contributed by atoms with Crippen LogP contribution in [0.25, 0.3) is 0 Å². The summed E-state index contributed by atoms with van der Waals surface area (Å²) in [5.41, 5.74) is 0.598. The van der Waals surface area contributed by atoms with Gasteiger partial charge < -0.3 is 30.8 Å². The minimum absolute atomic E-state index is 0.0263. The van der Waals surface area contributed by atoms with Crippen LogP contribution in [0.3, 0.4) is 0 Å². The number of nitrogens with zero attached hydrogens (tertiary/aromatic N) is 1. The van der Waals surface area contributed by atoms with Crippen molar-refractivity contribution in [2.75, 3.05) is 18.6 Å². The third-order valence-electron chi connectivity index (χ3n) is 7.20. The van der Waals surface area contributed by atoms with Gasteiger partial charge in [-0.1, -0.05) is 48.5 Å². The number of carbonyl (C=O) groups is 4. The monoisotopic (exact) mass is 657 g/mol. The lowest BCUT2D eigenvalue weighted by molar-refractivity contribution is -0.132. The van der Waals surface area contributed by atoms with Gasteiger partial charge >= 0.3 is 0 Å². The van der Waals surface area contributed by atoms with Crippen molar-refractivity contribution in [3.8, 4) is 0 Å². The molecule has 1 rings (SSSR count). The Balaban J connectivity index is 2.98. The zero-order valence-corrected chi connectivity index (χ0v) is 29.3. The van der Waals surface area contributed by atoms with Crippen LogP contribution >= 0.6 is 0 Å². The van der Waals surface area contributed by atoms with Gasteiger partial charge in [-0.2, -0.15) is 0 Å². The molecule has 0 fully saturated rings. The summed E-state index contributed by atoms with van der Waals surface area (Å²) in [5, 5.41) is 22.0. The molecule has 0 saturated heterocycles. The number of amides is 4. The Labute approximate surface area is 268 Å². The summed E-state index contributed by atoms with van der Waals surface area (Å²) in [4.78, 5) is 56.1. The fraction of sp³-hybridized carbons (Fsp3) is 0.774. The van der Waals surface area contributed by atoms with E-state index >= 15 is 0 Å². The molecule has 1 aromatic rings. The molecule has 0 spiro atoms. The maximum absolute atomic E-state index is 13.4. The number of aliphatic hydroxyl groups is 1. The van der Waals surface area contributed by atoms with E-state index in [9.17, 15) is 32.7 Å². The van der Waals surface area contributed by atoms with E-state index in [2.05, 4.69) is 26.3 Å². The van der Waals surface area contributed by atoms with Crippen LogP contribution in [0.1, 0.15) is 85.1 Å². The quantitative estimate of drug-likeness (QED) is 0.147. The molecule has 0 unspecified atom stereocenters. The molecule has 5 atom stereocenters. The SMILES string of the molecule is Cc1nc(CCC(=O)N[C@@H](CS(C)(=O)=O)C(=O)N[C@H](CC(C)C)[C@@H](O)C[C@@H](C)C(=O)N[C@@H](C(=O)NCC(C)C)C(C)C)c(C)o1. The first-order chi connectivity index (χ1) is 20.7. The van der Waals surface area contributed by atoms with Crippen molar-refractivity contribution in [2.24, 2.45) is 23.7 Å². The van der Waals surface area contributed by atoms with Crippen LogP contribution in [-0.4, -0.2) is 84.9 Å². The maximum atomic E-state index is 13.4. The van der Waals surface area contributed by atoms with Gasteiger partial charge in [0, 0.05) is 38.5 Å². The summed E-state index contributed by atoms with van der Waals surface area (Å²) in [6, 6.07) is -2.98. The second-order valence-corrected chi connectivity index (χ2v) is 15.5. The first kappa shape index (κ1) is 40.0. The smallest absolute Gasteiger partial charge is 0.243 e. The van der Waals surface area contributed by atoms with E-state index in [4.69, 9.17) is 4.42 Å². The molecule has 0 bridgehead atoms. The van der Waals surface area contributed by atoms with E-state index in [1.807, 2.05) is 41.5 Å². The number of oxazole rings is 1. The molecule has 1 aromatic heterocycles. The molecule has 0 aliphatic carbocycles. The predicted octanol–water partition coefficient (Wildman–Crippen LogP) is 1.58. The number of sulfone groups is 1. The molecular weight excluding hydrogens is 602 g/mol. The van der Waals surface area contributed by atoms with E-state index in [-0.39, 0.29) is 42.9 Å². The normalized spacial score (nSPS) is 15.3. The molecule has 0 saturated carbocycles. The number of carbonyl (C=O) groups excluding carboxylic acids is 4. The number of rotatable bonds is 19. The minimum atomic E-state index is -3.68. The van der Waals surface area contributed by atoms with Crippen LogP contribution in [0, 0.1) is 37.5 Å². The van der Waals surface area contributed by atoms with Gasteiger partial charge in [0.25, 0.3) is 0 Å². The summed E-state index contributed by atoms with van der Waals surface area (Å²) in [6.07, 6.45) is 0.303. The van der Waals surface area contributed by atoms with E-state index in [1.54, 1.807) is 20.8 Å². The molecule has 13 nitrogen and oxygen atoms in total. The molecule has 4 amide bonds. The number of hydrogen-bond acceptors (Lipinski definition) is 9. The Morgan fingerprint density at radius 1 is 0.867 bits per heavy atom. The van der Waals surface area contributed by atoms with Gasteiger partial charge in [-0.3, -0.25) is 19.2 Å². The zero-order valence-electron chi connectivity index (χ0n) is 28.5. The van der Waals surface area contributed by atoms with Crippen LogP contribution in [0.2, 0.25) is 0 Å². The van der Waals surface area contributed by atoms with Crippen molar-refractivity contribution >= 4 is 33.5 Å². The Morgan fingerprint density at radius 3 is 1.98 bits per heavy atom. The highest BCUT2D eigenvalue weighted by atomic mass is 32.2. The van der Waals surface area contributed by atoms with E-state index in [0.717, 1.165) is 6.26 Å². The molecule has 0 aliphatic heterocycles. The summed E-state index contributed by atoms with van der Waals surface area (Å²) >= 11 is 0. The molecule has 5 N–H and O–H groups in total. The highest BCUT2D eigenvalue weighted by molar-refractivity contribution is 7.90. The molecular formula is C31H55N5O8S. The van der Waals surface area contributed by atoms with Crippen LogP contribution in [0.15, 0.2) is 4.42 Å². The average Bonchev–Trinajstić information content (AvgIpc) is 3.23. The van der Waals surface area contributed by atoms with Gasteiger partial charge in [0.2, 0.25) is 23.6 Å². The van der Waals surface area contributed by atoms with Crippen molar-refractivity contribution in [1.82, 2.24) is 26.3 Å². The second kappa shape index (κ2) is 18.2. The van der Waals surface area contributed by atoms with Gasteiger partial charge in [0.05, 0.1) is 23.6 Å². The number of aromatic nitrogens is 1. The lowest BCUT2D eigenvalue weighted by Crippen LogP contribution is -2.55. The lowest BCUT2D eigenvalue weighted by Gasteiger charge is -2.30. The van der Waals surface area contributed by atoms with E-state index in [0.29, 0.717) is 30.3 Å². The second-order valence-electron chi connectivity index (χ2n) is 13.3. The third kappa shape index (κ3) is 15.2. The van der Waals surface area contributed by atoms with Crippen molar-refractivity contribution in [1.29, 1.82) is 0 Å². The van der Waals surface area contributed by atoms with Gasteiger partial charge in [0.15, 0.2) is 5.89 Å². The summed E-state index contributed by atoms with van der Waals surface area (Å²) < 4.78 is 29.7.